The van der Waals surface area contributed by atoms with E-state index in [0.29, 0.717) is 5.92 Å². The number of carboxylic acids is 1. The third-order valence-corrected chi connectivity index (χ3v) is 4.46. The minimum atomic E-state index is -0.694. The first kappa shape index (κ1) is 15.7. The molecule has 1 aliphatic rings. The second-order valence-electron chi connectivity index (χ2n) is 6.29. The summed E-state index contributed by atoms with van der Waals surface area (Å²) in [7, 11) is 0. The van der Waals surface area contributed by atoms with Crippen LogP contribution in [0.15, 0.2) is 36.5 Å². The van der Waals surface area contributed by atoms with Crippen LogP contribution in [-0.4, -0.2) is 39.0 Å². The first-order valence-electron chi connectivity index (χ1n) is 8.24. The Kier molecular flexibility index (Phi) is 5.08. The average Bonchev–Trinajstić information content (AvgIpc) is 3.03. The monoisotopic (exact) mass is 313 g/mol. The van der Waals surface area contributed by atoms with Gasteiger partial charge < -0.3 is 10.1 Å². The number of nitrogens with one attached hydrogen (secondary N) is 1. The van der Waals surface area contributed by atoms with E-state index in [4.69, 9.17) is 5.11 Å². The van der Waals surface area contributed by atoms with Crippen molar-refractivity contribution in [3.8, 4) is 11.3 Å². The van der Waals surface area contributed by atoms with E-state index in [1.165, 1.54) is 0 Å². The van der Waals surface area contributed by atoms with E-state index < -0.39 is 5.97 Å². The van der Waals surface area contributed by atoms with E-state index in [1.807, 2.05) is 24.4 Å². The predicted molar refractivity (Wildman–Crippen MR) is 88.9 cm³/mol. The minimum absolute atomic E-state index is 0.275. The normalized spacial score (nSPS) is 18.9. The van der Waals surface area contributed by atoms with Gasteiger partial charge in [-0.1, -0.05) is 30.3 Å². The van der Waals surface area contributed by atoms with Crippen molar-refractivity contribution in [3.05, 3.63) is 42.4 Å². The topological polar surface area (TPSA) is 69.2 Å². The fourth-order valence-corrected chi connectivity index (χ4v) is 3.28. The summed E-state index contributed by atoms with van der Waals surface area (Å²) in [6, 6.07) is 10.2. The van der Waals surface area contributed by atoms with E-state index in [-0.39, 0.29) is 6.42 Å². The number of hydrogen-bond acceptors (Lipinski definition) is 3. The number of carbonyl (C=O) groups is 1. The van der Waals surface area contributed by atoms with Gasteiger partial charge in [-0.15, -0.1) is 0 Å². The number of carboxylic acid groups (broad SMARTS) is 1. The zero-order chi connectivity index (χ0) is 16.1. The number of hydrogen-bond donors (Lipinski definition) is 2. The van der Waals surface area contributed by atoms with E-state index in [9.17, 15) is 4.79 Å². The van der Waals surface area contributed by atoms with Crippen LogP contribution in [0.5, 0.6) is 0 Å². The highest BCUT2D eigenvalue weighted by molar-refractivity contribution is 5.66. The molecule has 2 heterocycles. The van der Waals surface area contributed by atoms with Gasteiger partial charge in [0.15, 0.2) is 0 Å². The van der Waals surface area contributed by atoms with Crippen molar-refractivity contribution in [2.45, 2.75) is 32.2 Å². The quantitative estimate of drug-likeness (QED) is 0.859. The molecule has 23 heavy (non-hydrogen) atoms. The zero-order valence-electron chi connectivity index (χ0n) is 13.2. The Morgan fingerprint density at radius 3 is 2.96 bits per heavy atom. The summed E-state index contributed by atoms with van der Waals surface area (Å²) in [5, 5.41) is 8.83. The Morgan fingerprint density at radius 2 is 2.17 bits per heavy atom. The van der Waals surface area contributed by atoms with E-state index >= 15 is 0 Å². The lowest BCUT2D eigenvalue weighted by Crippen LogP contribution is -2.35. The number of aliphatic carboxylic acids is 1. The molecule has 2 aromatic rings. The molecule has 1 aromatic carbocycles. The van der Waals surface area contributed by atoms with E-state index in [2.05, 4.69) is 27.0 Å². The molecule has 0 bridgehead atoms. The summed E-state index contributed by atoms with van der Waals surface area (Å²) < 4.78 is 0. The number of rotatable bonds is 6. The van der Waals surface area contributed by atoms with Crippen molar-refractivity contribution in [3.63, 3.8) is 0 Å². The first-order chi connectivity index (χ1) is 11.2. The fourth-order valence-electron chi connectivity index (χ4n) is 3.28. The highest BCUT2D eigenvalue weighted by atomic mass is 16.4. The summed E-state index contributed by atoms with van der Waals surface area (Å²) in [6.45, 7) is 2.83. The molecule has 0 amide bonds. The van der Waals surface area contributed by atoms with Gasteiger partial charge in [-0.05, 0) is 37.3 Å². The fraction of sp³-hybridized carbons (Fsp3) is 0.444. The van der Waals surface area contributed by atoms with Crippen LogP contribution in [0.25, 0.3) is 11.3 Å². The lowest BCUT2D eigenvalue weighted by Gasteiger charge is -2.31. The molecular weight excluding hydrogens is 290 g/mol. The van der Waals surface area contributed by atoms with Crippen molar-refractivity contribution in [2.75, 3.05) is 13.1 Å². The Morgan fingerprint density at radius 1 is 1.35 bits per heavy atom. The van der Waals surface area contributed by atoms with Crippen molar-refractivity contribution in [1.82, 2.24) is 14.9 Å². The van der Waals surface area contributed by atoms with Gasteiger partial charge in [-0.25, -0.2) is 4.98 Å². The van der Waals surface area contributed by atoms with Gasteiger partial charge >= 0.3 is 5.97 Å². The van der Waals surface area contributed by atoms with Crippen molar-refractivity contribution in [2.24, 2.45) is 5.92 Å². The highest BCUT2D eigenvalue weighted by Crippen LogP contribution is 2.23. The number of aromatic nitrogens is 2. The summed E-state index contributed by atoms with van der Waals surface area (Å²) in [5.74, 6) is 0.770. The largest absolute Gasteiger partial charge is 0.481 e. The molecule has 1 fully saturated rings. The molecule has 1 aliphatic heterocycles. The number of H-pyrrole nitrogens is 1. The van der Waals surface area contributed by atoms with Gasteiger partial charge in [-0.2, -0.15) is 0 Å². The maximum atomic E-state index is 10.7. The SMILES string of the molecule is O=C(O)CCC1CCCN(Cc2ncc(-c3ccccc3)[nH]2)C1. The molecule has 0 aliphatic carbocycles. The average molecular weight is 313 g/mol. The molecule has 1 saturated heterocycles. The maximum Gasteiger partial charge on any atom is 0.303 e. The number of likely N-dealkylation sites (tertiary alicyclic amines) is 1. The molecule has 0 radical (unpaired) electrons. The van der Waals surface area contributed by atoms with Crippen LogP contribution < -0.4 is 0 Å². The summed E-state index contributed by atoms with van der Waals surface area (Å²) in [6.07, 6.45) is 5.21. The van der Waals surface area contributed by atoms with Crippen molar-refractivity contribution in [1.29, 1.82) is 0 Å². The molecule has 1 atom stereocenters. The van der Waals surface area contributed by atoms with Crippen molar-refractivity contribution >= 4 is 5.97 Å². The lowest BCUT2D eigenvalue weighted by molar-refractivity contribution is -0.137. The van der Waals surface area contributed by atoms with Crippen LogP contribution in [0, 0.1) is 5.92 Å². The Balaban J connectivity index is 1.57. The zero-order valence-corrected chi connectivity index (χ0v) is 13.2. The van der Waals surface area contributed by atoms with Crippen LogP contribution in [0.1, 0.15) is 31.5 Å². The van der Waals surface area contributed by atoms with Gasteiger partial charge in [0.25, 0.3) is 0 Å². The molecule has 5 nitrogen and oxygen atoms in total. The predicted octanol–water partition coefficient (Wildman–Crippen LogP) is 3.15. The van der Waals surface area contributed by atoms with Gasteiger partial charge in [0, 0.05) is 13.0 Å². The molecule has 0 spiro atoms. The van der Waals surface area contributed by atoms with Crippen LogP contribution in [0.4, 0.5) is 0 Å². The van der Waals surface area contributed by atoms with Crippen LogP contribution in [0.3, 0.4) is 0 Å². The molecule has 1 aromatic heterocycles. The van der Waals surface area contributed by atoms with E-state index in [1.54, 1.807) is 0 Å². The van der Waals surface area contributed by atoms with Gasteiger partial charge in [0.05, 0.1) is 18.4 Å². The number of aromatic amines is 1. The molecule has 5 heteroatoms. The summed E-state index contributed by atoms with van der Waals surface area (Å²) >= 11 is 0. The Labute approximate surface area is 136 Å². The minimum Gasteiger partial charge on any atom is -0.481 e. The van der Waals surface area contributed by atoms with Crippen LogP contribution in [-0.2, 0) is 11.3 Å². The number of nitrogens with zero attached hydrogens (tertiary/aromatic N) is 2. The summed E-state index contributed by atoms with van der Waals surface area (Å²) in [4.78, 5) is 21.0. The van der Waals surface area contributed by atoms with Gasteiger partial charge in [-0.3, -0.25) is 9.69 Å². The second-order valence-corrected chi connectivity index (χ2v) is 6.29. The van der Waals surface area contributed by atoms with E-state index in [0.717, 1.165) is 56.0 Å². The molecular formula is C18H23N3O2. The molecule has 3 rings (SSSR count). The maximum absolute atomic E-state index is 10.7. The highest BCUT2D eigenvalue weighted by Gasteiger charge is 2.21. The number of piperidine rings is 1. The molecule has 122 valence electrons. The summed E-state index contributed by atoms with van der Waals surface area (Å²) in [5.41, 5.74) is 2.18. The molecule has 1 unspecified atom stereocenters. The van der Waals surface area contributed by atoms with Gasteiger partial charge in [0.2, 0.25) is 0 Å². The Hall–Kier alpha value is -2.14. The number of imidazole rings is 1. The third kappa shape index (κ3) is 4.42. The number of benzene rings is 1. The Bertz CT molecular complexity index is 639. The molecule has 2 N–H and O–H groups in total. The smallest absolute Gasteiger partial charge is 0.303 e. The third-order valence-electron chi connectivity index (χ3n) is 4.46. The van der Waals surface area contributed by atoms with Crippen LogP contribution in [0.2, 0.25) is 0 Å². The second kappa shape index (κ2) is 7.42. The molecule has 0 saturated carbocycles. The van der Waals surface area contributed by atoms with Gasteiger partial charge in [0.1, 0.15) is 5.82 Å². The lowest BCUT2D eigenvalue weighted by atomic mass is 9.93. The van der Waals surface area contributed by atoms with Crippen molar-refractivity contribution < 1.29 is 9.90 Å². The van der Waals surface area contributed by atoms with Crippen LogP contribution >= 0.6 is 0 Å². The first-order valence-corrected chi connectivity index (χ1v) is 8.24. The standard InChI is InChI=1S/C18H23N3O2/c22-18(23)9-8-14-5-4-10-21(12-14)13-17-19-11-16(20-17)15-6-2-1-3-7-15/h1-3,6-7,11,14H,4-5,8-10,12-13H2,(H,19,20)(H,22,23).